The highest BCUT2D eigenvalue weighted by atomic mass is 32.2. The quantitative estimate of drug-likeness (QED) is 0.402. The highest BCUT2D eigenvalue weighted by Gasteiger charge is 2.21. The lowest BCUT2D eigenvalue weighted by Gasteiger charge is -2.09. The van der Waals surface area contributed by atoms with Gasteiger partial charge in [-0.1, -0.05) is 30.8 Å². The molecule has 0 atom stereocenters. The van der Waals surface area contributed by atoms with Crippen LogP contribution in [0.5, 0.6) is 0 Å². The standard InChI is InChI=1S/C20H18FN5O2S2/c1-2-9-22-19(27)14-11-29-17(23-14)12-30-20-25-24-18(16-8-5-10-28-16)26(20)15-7-4-3-6-13(15)21/h3-8,10-11H,2,9,12H2,1H3,(H,22,27). The van der Waals surface area contributed by atoms with Crippen molar-refractivity contribution in [3.63, 3.8) is 0 Å². The Morgan fingerprint density at radius 2 is 2.13 bits per heavy atom. The molecule has 3 aromatic heterocycles. The van der Waals surface area contributed by atoms with Gasteiger partial charge in [0.25, 0.3) is 5.91 Å². The first-order chi connectivity index (χ1) is 14.7. The van der Waals surface area contributed by atoms with E-state index in [1.807, 2.05) is 6.92 Å². The van der Waals surface area contributed by atoms with Gasteiger partial charge in [-0.2, -0.15) is 0 Å². The first-order valence-electron chi connectivity index (χ1n) is 9.27. The average molecular weight is 444 g/mol. The summed E-state index contributed by atoms with van der Waals surface area (Å²) in [5.74, 6) is 0.791. The monoisotopic (exact) mass is 443 g/mol. The molecule has 1 amide bonds. The maximum Gasteiger partial charge on any atom is 0.270 e. The fraction of sp³-hybridized carbons (Fsp3) is 0.200. The van der Waals surface area contributed by atoms with Crippen LogP contribution in [0.2, 0.25) is 0 Å². The number of rotatable bonds is 8. The minimum absolute atomic E-state index is 0.182. The predicted octanol–water partition coefficient (Wildman–Crippen LogP) is 4.56. The summed E-state index contributed by atoms with van der Waals surface area (Å²) < 4.78 is 21.6. The second kappa shape index (κ2) is 9.23. The average Bonchev–Trinajstić information content (AvgIpc) is 3.51. The molecule has 10 heteroatoms. The van der Waals surface area contributed by atoms with Gasteiger partial charge in [0, 0.05) is 11.9 Å². The van der Waals surface area contributed by atoms with Gasteiger partial charge in [0.1, 0.15) is 16.5 Å². The molecule has 0 unspecified atom stereocenters. The second-order valence-electron chi connectivity index (χ2n) is 6.24. The normalized spacial score (nSPS) is 11.0. The Balaban J connectivity index is 1.59. The van der Waals surface area contributed by atoms with Crippen LogP contribution in [0.1, 0.15) is 28.8 Å². The fourth-order valence-corrected chi connectivity index (χ4v) is 4.45. The van der Waals surface area contributed by atoms with Crippen LogP contribution >= 0.6 is 23.1 Å². The Morgan fingerprint density at radius 3 is 2.90 bits per heavy atom. The van der Waals surface area contributed by atoms with Crippen molar-refractivity contribution in [1.29, 1.82) is 0 Å². The summed E-state index contributed by atoms with van der Waals surface area (Å²) in [6.45, 7) is 2.61. The molecule has 0 aliphatic rings. The zero-order chi connectivity index (χ0) is 20.9. The van der Waals surface area contributed by atoms with Crippen LogP contribution < -0.4 is 5.32 Å². The number of hydrogen-bond acceptors (Lipinski definition) is 7. The molecule has 1 aromatic carbocycles. The molecule has 0 saturated heterocycles. The van der Waals surface area contributed by atoms with Gasteiger partial charge < -0.3 is 9.73 Å². The van der Waals surface area contributed by atoms with E-state index in [9.17, 15) is 9.18 Å². The van der Waals surface area contributed by atoms with Gasteiger partial charge >= 0.3 is 0 Å². The van der Waals surface area contributed by atoms with Crippen molar-refractivity contribution in [2.45, 2.75) is 24.3 Å². The Hall–Kier alpha value is -2.98. The first-order valence-corrected chi connectivity index (χ1v) is 11.1. The van der Waals surface area contributed by atoms with Crippen molar-refractivity contribution in [3.05, 3.63) is 64.6 Å². The lowest BCUT2D eigenvalue weighted by atomic mass is 10.3. The number of benzene rings is 1. The lowest BCUT2D eigenvalue weighted by molar-refractivity contribution is 0.0949. The van der Waals surface area contributed by atoms with Crippen LogP contribution in [0.3, 0.4) is 0 Å². The molecular weight excluding hydrogens is 425 g/mol. The lowest BCUT2D eigenvalue weighted by Crippen LogP contribution is -2.24. The second-order valence-corrected chi connectivity index (χ2v) is 8.13. The van der Waals surface area contributed by atoms with Gasteiger partial charge in [-0.3, -0.25) is 9.36 Å². The van der Waals surface area contributed by atoms with Gasteiger partial charge in [0.2, 0.25) is 5.82 Å². The van der Waals surface area contributed by atoms with E-state index < -0.39 is 5.82 Å². The molecule has 0 spiro atoms. The van der Waals surface area contributed by atoms with Crippen LogP contribution in [0.4, 0.5) is 4.39 Å². The van der Waals surface area contributed by atoms with E-state index in [0.29, 0.717) is 40.4 Å². The van der Waals surface area contributed by atoms with Crippen molar-refractivity contribution >= 4 is 29.0 Å². The number of nitrogens with one attached hydrogen (secondary N) is 1. The van der Waals surface area contributed by atoms with Gasteiger partial charge in [-0.25, -0.2) is 9.37 Å². The third-order valence-electron chi connectivity index (χ3n) is 4.11. The van der Waals surface area contributed by atoms with E-state index in [0.717, 1.165) is 11.4 Å². The summed E-state index contributed by atoms with van der Waals surface area (Å²) in [4.78, 5) is 16.4. The molecule has 4 aromatic rings. The molecule has 0 aliphatic carbocycles. The smallest absolute Gasteiger partial charge is 0.270 e. The topological polar surface area (TPSA) is 85.8 Å². The van der Waals surface area contributed by atoms with Crippen LogP contribution in [0.15, 0.2) is 57.6 Å². The van der Waals surface area contributed by atoms with Crippen LogP contribution in [0, 0.1) is 5.82 Å². The molecule has 4 rings (SSSR count). The number of aromatic nitrogens is 4. The van der Waals surface area contributed by atoms with Crippen molar-refractivity contribution in [1.82, 2.24) is 25.1 Å². The SMILES string of the molecule is CCCNC(=O)c1csc(CSc2nnc(-c3ccco3)n2-c2ccccc2F)n1. The molecule has 0 fully saturated rings. The first kappa shape index (κ1) is 20.3. The van der Waals surface area contributed by atoms with E-state index in [4.69, 9.17) is 4.42 Å². The Morgan fingerprint density at radius 1 is 1.27 bits per heavy atom. The van der Waals surface area contributed by atoms with Crippen LogP contribution in [0.25, 0.3) is 17.3 Å². The molecule has 0 radical (unpaired) electrons. The van der Waals surface area contributed by atoms with Crippen LogP contribution in [-0.2, 0) is 5.75 Å². The number of thiazole rings is 1. The third-order valence-corrected chi connectivity index (χ3v) is 6.08. The minimum atomic E-state index is -0.393. The van der Waals surface area contributed by atoms with Gasteiger partial charge in [-0.15, -0.1) is 21.5 Å². The van der Waals surface area contributed by atoms with E-state index in [-0.39, 0.29) is 5.91 Å². The summed E-state index contributed by atoms with van der Waals surface area (Å²) in [5, 5.41) is 14.3. The highest BCUT2D eigenvalue weighted by molar-refractivity contribution is 7.98. The zero-order valence-corrected chi connectivity index (χ0v) is 17.7. The predicted molar refractivity (Wildman–Crippen MR) is 113 cm³/mol. The zero-order valence-electron chi connectivity index (χ0n) is 16.0. The maximum atomic E-state index is 14.5. The van der Waals surface area contributed by atoms with Crippen molar-refractivity contribution in [2.75, 3.05) is 6.54 Å². The molecule has 3 heterocycles. The number of carbonyl (C=O) groups excluding carboxylic acids is 1. The number of nitrogens with zero attached hydrogens (tertiary/aromatic N) is 4. The third kappa shape index (κ3) is 4.29. The molecule has 0 aliphatic heterocycles. The molecular formula is C20H18FN5O2S2. The van der Waals surface area contributed by atoms with E-state index in [1.54, 1.807) is 40.3 Å². The van der Waals surface area contributed by atoms with E-state index in [2.05, 4.69) is 20.5 Å². The number of para-hydroxylation sites is 1. The number of thioether (sulfide) groups is 1. The van der Waals surface area contributed by atoms with E-state index in [1.165, 1.54) is 35.4 Å². The number of hydrogen-bond donors (Lipinski definition) is 1. The number of carbonyl (C=O) groups is 1. The Kier molecular flexibility index (Phi) is 6.24. The largest absolute Gasteiger partial charge is 0.461 e. The van der Waals surface area contributed by atoms with Crippen molar-refractivity contribution < 1.29 is 13.6 Å². The summed E-state index contributed by atoms with van der Waals surface area (Å²) in [6.07, 6.45) is 2.39. The summed E-state index contributed by atoms with van der Waals surface area (Å²) in [5.41, 5.74) is 0.728. The Labute approximate surface area is 180 Å². The molecule has 154 valence electrons. The number of amides is 1. The maximum absolute atomic E-state index is 14.5. The molecule has 7 nitrogen and oxygen atoms in total. The summed E-state index contributed by atoms with van der Waals surface area (Å²) >= 11 is 2.76. The Bertz CT molecular complexity index is 1140. The van der Waals surface area contributed by atoms with E-state index >= 15 is 0 Å². The number of furan rings is 1. The van der Waals surface area contributed by atoms with Crippen LogP contribution in [-0.4, -0.2) is 32.2 Å². The number of halogens is 1. The molecule has 0 saturated carbocycles. The van der Waals surface area contributed by atoms with Crippen molar-refractivity contribution in [2.24, 2.45) is 0 Å². The van der Waals surface area contributed by atoms with Gasteiger partial charge in [0.15, 0.2) is 10.9 Å². The molecule has 0 bridgehead atoms. The fourth-order valence-electron chi connectivity index (χ4n) is 2.72. The molecule has 1 N–H and O–H groups in total. The summed E-state index contributed by atoms with van der Waals surface area (Å²) in [7, 11) is 0. The molecule has 30 heavy (non-hydrogen) atoms. The highest BCUT2D eigenvalue weighted by Crippen LogP contribution is 2.31. The van der Waals surface area contributed by atoms with Crippen molar-refractivity contribution in [3.8, 4) is 17.3 Å². The van der Waals surface area contributed by atoms with Gasteiger partial charge in [-0.05, 0) is 30.7 Å². The minimum Gasteiger partial charge on any atom is -0.461 e. The summed E-state index contributed by atoms with van der Waals surface area (Å²) in [6, 6.07) is 9.91. The van der Waals surface area contributed by atoms with Gasteiger partial charge in [0.05, 0.1) is 17.7 Å².